The van der Waals surface area contributed by atoms with Crippen molar-refractivity contribution < 1.29 is 14.1 Å². The van der Waals surface area contributed by atoms with Gasteiger partial charge in [-0.2, -0.15) is 5.10 Å². The van der Waals surface area contributed by atoms with Gasteiger partial charge in [0.2, 0.25) is 0 Å². The minimum absolute atomic E-state index is 0.202. The van der Waals surface area contributed by atoms with Crippen LogP contribution in [0.2, 0.25) is 0 Å². The number of carbonyl (C=O) groups excluding carboxylic acids is 1. The van der Waals surface area contributed by atoms with Crippen LogP contribution in [0.3, 0.4) is 0 Å². The number of methoxy groups -OCH3 is 1. The average Bonchev–Trinajstić information content (AvgIpc) is 3.00. The third kappa shape index (κ3) is 2.72. The topological polar surface area (TPSA) is 106 Å². The number of nitrogens with zero attached hydrogens (tertiary/aromatic N) is 3. The molecular weight excluding hydrogens is 238 g/mol. The number of rotatable bonds is 5. The minimum Gasteiger partial charge on any atom is -0.377 e. The Morgan fingerprint density at radius 2 is 2.50 bits per heavy atom. The first-order chi connectivity index (χ1) is 8.70. The molecule has 0 bridgehead atoms. The van der Waals surface area contributed by atoms with Crippen molar-refractivity contribution in [3.8, 4) is 0 Å². The van der Waals surface area contributed by atoms with Crippen molar-refractivity contribution in [3.05, 3.63) is 29.7 Å². The maximum absolute atomic E-state index is 11.8. The van der Waals surface area contributed by atoms with Crippen LogP contribution in [0.5, 0.6) is 0 Å². The molecule has 1 atom stereocenters. The second kappa shape index (κ2) is 5.41. The summed E-state index contributed by atoms with van der Waals surface area (Å²) < 4.78 is 9.80. The predicted molar refractivity (Wildman–Crippen MR) is 59.5 cm³/mol. The highest BCUT2D eigenvalue weighted by molar-refractivity contribution is 5.92. The largest absolute Gasteiger partial charge is 0.377 e. The molecule has 0 radical (unpaired) electrons. The molecule has 2 heterocycles. The van der Waals surface area contributed by atoms with Crippen LogP contribution in [0.15, 0.2) is 16.9 Å². The highest BCUT2D eigenvalue weighted by Crippen LogP contribution is 2.08. The number of carbonyl (C=O) groups is 1. The zero-order valence-corrected chi connectivity index (χ0v) is 10.0. The fourth-order valence-corrected chi connectivity index (χ4v) is 1.39. The molecule has 2 aromatic rings. The van der Waals surface area contributed by atoms with Crippen molar-refractivity contribution in [1.82, 2.24) is 25.7 Å². The van der Waals surface area contributed by atoms with Crippen LogP contribution in [-0.4, -0.2) is 33.4 Å². The number of hydrogen-bond donors (Lipinski definition) is 2. The standard InChI is InChI=1S/C10H13N5O3/c1-6(9-11-5-12-14-9)13-10(16)8-3-7(4-17-2)18-15-8/h3,5-6H,4H2,1-2H3,(H,13,16)(H,11,12,14). The molecule has 0 aliphatic heterocycles. The van der Waals surface area contributed by atoms with Crippen LogP contribution >= 0.6 is 0 Å². The van der Waals surface area contributed by atoms with E-state index < -0.39 is 0 Å². The maximum atomic E-state index is 11.8. The average molecular weight is 251 g/mol. The molecule has 0 saturated carbocycles. The lowest BCUT2D eigenvalue weighted by atomic mass is 10.3. The lowest BCUT2D eigenvalue weighted by Gasteiger charge is -2.08. The van der Waals surface area contributed by atoms with Gasteiger partial charge in [-0.1, -0.05) is 5.16 Å². The zero-order valence-electron chi connectivity index (χ0n) is 10.0. The first-order valence-corrected chi connectivity index (χ1v) is 5.31. The molecule has 2 N–H and O–H groups in total. The Morgan fingerprint density at radius 1 is 1.67 bits per heavy atom. The molecule has 96 valence electrons. The first-order valence-electron chi connectivity index (χ1n) is 5.31. The third-order valence-corrected chi connectivity index (χ3v) is 2.27. The SMILES string of the molecule is COCc1cc(C(=O)NC(C)c2ncn[nH]2)no1. The van der Waals surface area contributed by atoms with E-state index in [1.54, 1.807) is 6.92 Å². The number of aromatic amines is 1. The molecule has 0 aliphatic carbocycles. The number of hydrogen-bond acceptors (Lipinski definition) is 6. The molecule has 1 amide bonds. The Hall–Kier alpha value is -2.22. The van der Waals surface area contributed by atoms with Gasteiger partial charge in [-0.25, -0.2) is 4.98 Å². The lowest BCUT2D eigenvalue weighted by molar-refractivity contribution is 0.0928. The molecular formula is C10H13N5O3. The van der Waals surface area contributed by atoms with Gasteiger partial charge in [0.25, 0.3) is 5.91 Å². The third-order valence-electron chi connectivity index (χ3n) is 2.27. The highest BCUT2D eigenvalue weighted by Gasteiger charge is 2.17. The smallest absolute Gasteiger partial charge is 0.274 e. The number of H-pyrrole nitrogens is 1. The van der Waals surface area contributed by atoms with Crippen molar-refractivity contribution in [2.45, 2.75) is 19.6 Å². The number of amides is 1. The Bertz CT molecular complexity index is 507. The van der Waals surface area contributed by atoms with E-state index in [9.17, 15) is 4.79 Å². The summed E-state index contributed by atoms with van der Waals surface area (Å²) in [5.74, 6) is 0.726. The van der Waals surface area contributed by atoms with E-state index in [4.69, 9.17) is 9.26 Å². The molecule has 0 aliphatic rings. The first kappa shape index (κ1) is 12.2. The minimum atomic E-state index is -0.343. The Kier molecular flexibility index (Phi) is 3.68. The summed E-state index contributed by atoms with van der Waals surface area (Å²) in [6.45, 7) is 2.06. The quantitative estimate of drug-likeness (QED) is 0.798. The second-order valence-corrected chi connectivity index (χ2v) is 3.68. The summed E-state index contributed by atoms with van der Waals surface area (Å²) in [5.41, 5.74) is 0.202. The lowest BCUT2D eigenvalue weighted by Crippen LogP contribution is -2.27. The molecule has 8 heteroatoms. The molecule has 18 heavy (non-hydrogen) atoms. The second-order valence-electron chi connectivity index (χ2n) is 3.68. The fourth-order valence-electron chi connectivity index (χ4n) is 1.39. The van der Waals surface area contributed by atoms with E-state index >= 15 is 0 Å². The molecule has 2 rings (SSSR count). The normalized spacial score (nSPS) is 12.3. The van der Waals surface area contributed by atoms with Crippen LogP contribution in [-0.2, 0) is 11.3 Å². The van der Waals surface area contributed by atoms with Gasteiger partial charge in [-0.05, 0) is 6.92 Å². The molecule has 2 aromatic heterocycles. The van der Waals surface area contributed by atoms with E-state index in [1.165, 1.54) is 19.5 Å². The van der Waals surface area contributed by atoms with Crippen LogP contribution in [0, 0.1) is 0 Å². The van der Waals surface area contributed by atoms with Crippen molar-refractivity contribution in [2.75, 3.05) is 7.11 Å². The summed E-state index contributed by atoms with van der Waals surface area (Å²) in [7, 11) is 1.54. The molecule has 0 spiro atoms. The van der Waals surface area contributed by atoms with Gasteiger partial charge >= 0.3 is 0 Å². The summed E-state index contributed by atoms with van der Waals surface area (Å²) in [5, 5.41) is 12.8. The molecule has 0 fully saturated rings. The predicted octanol–water partition coefficient (Wildman–Crippen LogP) is 0.430. The molecule has 0 saturated heterocycles. The monoisotopic (exact) mass is 251 g/mol. The van der Waals surface area contributed by atoms with E-state index in [0.717, 1.165) is 0 Å². The van der Waals surface area contributed by atoms with Gasteiger partial charge in [-0.15, -0.1) is 0 Å². The van der Waals surface area contributed by atoms with E-state index in [0.29, 0.717) is 11.6 Å². The van der Waals surface area contributed by atoms with E-state index in [-0.39, 0.29) is 24.2 Å². The van der Waals surface area contributed by atoms with E-state index in [1.807, 2.05) is 0 Å². The Balaban J connectivity index is 1.98. The van der Waals surface area contributed by atoms with Crippen LogP contribution in [0.25, 0.3) is 0 Å². The summed E-state index contributed by atoms with van der Waals surface area (Å²) in [4.78, 5) is 15.8. The number of aromatic nitrogens is 4. The van der Waals surface area contributed by atoms with Gasteiger partial charge < -0.3 is 14.6 Å². The van der Waals surface area contributed by atoms with E-state index in [2.05, 4.69) is 25.7 Å². The van der Waals surface area contributed by atoms with Crippen LogP contribution in [0.4, 0.5) is 0 Å². The molecule has 8 nitrogen and oxygen atoms in total. The fraction of sp³-hybridized carbons (Fsp3) is 0.400. The Morgan fingerprint density at radius 3 is 3.17 bits per heavy atom. The van der Waals surface area contributed by atoms with Gasteiger partial charge in [0.05, 0.1) is 6.04 Å². The van der Waals surface area contributed by atoms with Gasteiger partial charge in [-0.3, -0.25) is 9.89 Å². The maximum Gasteiger partial charge on any atom is 0.274 e. The zero-order chi connectivity index (χ0) is 13.0. The van der Waals surface area contributed by atoms with Crippen LogP contribution in [0.1, 0.15) is 35.0 Å². The highest BCUT2D eigenvalue weighted by atomic mass is 16.5. The van der Waals surface area contributed by atoms with Crippen molar-refractivity contribution in [1.29, 1.82) is 0 Å². The number of ether oxygens (including phenoxy) is 1. The van der Waals surface area contributed by atoms with Crippen molar-refractivity contribution >= 4 is 5.91 Å². The molecule has 0 aromatic carbocycles. The summed E-state index contributed by atoms with van der Waals surface area (Å²) in [6.07, 6.45) is 1.38. The Labute approximate surface area is 103 Å². The van der Waals surface area contributed by atoms with Crippen molar-refractivity contribution in [2.24, 2.45) is 0 Å². The summed E-state index contributed by atoms with van der Waals surface area (Å²) in [6, 6.07) is 1.24. The van der Waals surface area contributed by atoms with Gasteiger partial charge in [0.15, 0.2) is 11.5 Å². The summed E-state index contributed by atoms with van der Waals surface area (Å²) >= 11 is 0. The van der Waals surface area contributed by atoms with Crippen molar-refractivity contribution in [3.63, 3.8) is 0 Å². The van der Waals surface area contributed by atoms with Gasteiger partial charge in [0.1, 0.15) is 18.8 Å². The van der Waals surface area contributed by atoms with Crippen LogP contribution < -0.4 is 5.32 Å². The molecule has 1 unspecified atom stereocenters. The number of nitrogens with one attached hydrogen (secondary N) is 2. The van der Waals surface area contributed by atoms with Gasteiger partial charge in [0, 0.05) is 13.2 Å².